The lowest BCUT2D eigenvalue weighted by atomic mass is 9.95. The summed E-state index contributed by atoms with van der Waals surface area (Å²) in [5.41, 5.74) is 1.02. The van der Waals surface area contributed by atoms with Crippen molar-refractivity contribution >= 4 is 17.7 Å². The number of nitrogens with zero attached hydrogens (tertiary/aromatic N) is 3. The van der Waals surface area contributed by atoms with Gasteiger partial charge in [-0.05, 0) is 49.2 Å². The molecule has 0 saturated heterocycles. The van der Waals surface area contributed by atoms with E-state index in [0.29, 0.717) is 17.6 Å². The maximum absolute atomic E-state index is 11.6. The average molecular weight is 428 g/mol. The number of carbonyl (C=O) groups is 1. The maximum Gasteiger partial charge on any atom is 0.373 e. The molecule has 0 unspecified atom stereocenters. The number of aromatic nitrogens is 3. The zero-order valence-electron chi connectivity index (χ0n) is 17.2. The van der Waals surface area contributed by atoms with E-state index in [1.807, 2.05) is 24.3 Å². The second-order valence-corrected chi connectivity index (χ2v) is 8.19. The number of carbonyl (C=O) groups excluding carboxylic acids is 1. The summed E-state index contributed by atoms with van der Waals surface area (Å²) < 4.78 is 17.9. The smallest absolute Gasteiger partial charge is 0.373 e. The molecule has 1 aliphatic rings. The topological polar surface area (TPSA) is 79.4 Å². The molecular formula is C22H25N3O4S. The molecule has 0 spiro atoms. The molecule has 0 amide bonds. The number of esters is 1. The minimum absolute atomic E-state index is 0.209. The first kappa shape index (κ1) is 20.5. The fourth-order valence-corrected chi connectivity index (χ4v) is 4.68. The third-order valence-electron chi connectivity index (χ3n) is 5.34. The Morgan fingerprint density at radius 1 is 1.10 bits per heavy atom. The zero-order chi connectivity index (χ0) is 20.9. The number of methoxy groups -OCH3 is 2. The molecule has 0 radical (unpaired) electrons. The second-order valence-electron chi connectivity index (χ2n) is 7.24. The van der Waals surface area contributed by atoms with Gasteiger partial charge in [0.15, 0.2) is 11.0 Å². The minimum atomic E-state index is -0.474. The highest BCUT2D eigenvalue weighted by molar-refractivity contribution is 7.98. The molecule has 3 aromatic rings. The van der Waals surface area contributed by atoms with Gasteiger partial charge in [0.2, 0.25) is 5.76 Å². The van der Waals surface area contributed by atoms with E-state index in [-0.39, 0.29) is 5.76 Å². The number of thioether (sulfide) groups is 1. The van der Waals surface area contributed by atoms with Crippen LogP contribution in [0.15, 0.2) is 46.0 Å². The highest BCUT2D eigenvalue weighted by Gasteiger charge is 2.24. The molecule has 1 saturated carbocycles. The Bertz CT molecular complexity index is 990. The van der Waals surface area contributed by atoms with Crippen LogP contribution in [0.3, 0.4) is 0 Å². The molecule has 2 aromatic heterocycles. The van der Waals surface area contributed by atoms with E-state index in [1.54, 1.807) is 31.0 Å². The van der Waals surface area contributed by atoms with Crippen LogP contribution in [0.1, 0.15) is 54.5 Å². The quantitative estimate of drug-likeness (QED) is 0.382. The number of benzene rings is 1. The van der Waals surface area contributed by atoms with Crippen LogP contribution in [0.25, 0.3) is 11.4 Å². The van der Waals surface area contributed by atoms with Crippen LogP contribution in [0.4, 0.5) is 0 Å². The van der Waals surface area contributed by atoms with Crippen molar-refractivity contribution in [3.8, 4) is 17.1 Å². The molecule has 1 aromatic carbocycles. The SMILES string of the molecule is COC(=O)c1ccc(CSc2nnc(-c3ccc(OC)cc3)n2C2CCCCC2)o1. The average Bonchev–Trinajstić information content (AvgIpc) is 3.45. The lowest BCUT2D eigenvalue weighted by molar-refractivity contribution is 0.0563. The third kappa shape index (κ3) is 4.38. The summed E-state index contributed by atoms with van der Waals surface area (Å²) in [5, 5.41) is 9.88. The van der Waals surface area contributed by atoms with Gasteiger partial charge in [-0.1, -0.05) is 31.0 Å². The molecule has 1 aliphatic carbocycles. The normalized spacial score (nSPS) is 14.6. The molecule has 0 N–H and O–H groups in total. The molecule has 158 valence electrons. The number of hydrogen-bond donors (Lipinski definition) is 0. The van der Waals surface area contributed by atoms with Gasteiger partial charge in [0.1, 0.15) is 11.5 Å². The van der Waals surface area contributed by atoms with Crippen molar-refractivity contribution in [2.75, 3.05) is 14.2 Å². The molecule has 0 bridgehead atoms. The van der Waals surface area contributed by atoms with Crippen LogP contribution in [0, 0.1) is 0 Å². The summed E-state index contributed by atoms with van der Waals surface area (Å²) in [7, 11) is 3.00. The third-order valence-corrected chi connectivity index (χ3v) is 6.31. The predicted molar refractivity (Wildman–Crippen MR) is 114 cm³/mol. The lowest BCUT2D eigenvalue weighted by Crippen LogP contribution is -2.15. The van der Waals surface area contributed by atoms with Crippen LogP contribution < -0.4 is 4.74 Å². The van der Waals surface area contributed by atoms with Gasteiger partial charge < -0.3 is 13.9 Å². The Labute approximate surface area is 179 Å². The molecule has 30 heavy (non-hydrogen) atoms. The maximum atomic E-state index is 11.6. The van der Waals surface area contributed by atoms with Gasteiger partial charge in [-0.3, -0.25) is 4.57 Å². The summed E-state index contributed by atoms with van der Waals surface area (Å²) in [6, 6.07) is 11.7. The molecule has 1 fully saturated rings. The van der Waals surface area contributed by atoms with Crippen LogP contribution in [-0.4, -0.2) is 35.0 Å². The van der Waals surface area contributed by atoms with Crippen molar-refractivity contribution in [2.24, 2.45) is 0 Å². The van der Waals surface area contributed by atoms with E-state index < -0.39 is 5.97 Å². The Balaban J connectivity index is 1.59. The van der Waals surface area contributed by atoms with Crippen molar-refractivity contribution in [1.82, 2.24) is 14.8 Å². The predicted octanol–water partition coefficient (Wildman–Crippen LogP) is 5.13. The Morgan fingerprint density at radius 2 is 1.87 bits per heavy atom. The number of furan rings is 1. The zero-order valence-corrected chi connectivity index (χ0v) is 18.0. The minimum Gasteiger partial charge on any atom is -0.497 e. The standard InChI is InChI=1S/C22H25N3O4S/c1-27-17-10-8-15(9-11-17)20-23-24-22(25(20)16-6-4-3-5-7-16)30-14-18-12-13-19(29-18)21(26)28-2/h8-13,16H,3-7,14H2,1-2H3. The highest BCUT2D eigenvalue weighted by atomic mass is 32.2. The van der Waals surface area contributed by atoms with Crippen molar-refractivity contribution < 1.29 is 18.7 Å². The molecule has 8 heteroatoms. The lowest BCUT2D eigenvalue weighted by Gasteiger charge is -2.25. The number of ether oxygens (including phenoxy) is 2. The first-order valence-corrected chi connectivity index (χ1v) is 11.1. The number of hydrogen-bond acceptors (Lipinski definition) is 7. The Hall–Kier alpha value is -2.74. The summed E-state index contributed by atoms with van der Waals surface area (Å²) >= 11 is 1.57. The van der Waals surface area contributed by atoms with Crippen molar-refractivity contribution in [2.45, 2.75) is 49.1 Å². The molecule has 0 aliphatic heterocycles. The van der Waals surface area contributed by atoms with E-state index >= 15 is 0 Å². The van der Waals surface area contributed by atoms with Crippen LogP contribution in [-0.2, 0) is 10.5 Å². The van der Waals surface area contributed by atoms with Gasteiger partial charge in [-0.25, -0.2) is 4.79 Å². The summed E-state index contributed by atoms with van der Waals surface area (Å²) in [4.78, 5) is 11.6. The Kier molecular flexibility index (Phi) is 6.42. The van der Waals surface area contributed by atoms with E-state index in [9.17, 15) is 4.79 Å². The van der Waals surface area contributed by atoms with Crippen LogP contribution in [0.2, 0.25) is 0 Å². The van der Waals surface area contributed by atoms with E-state index in [1.165, 1.54) is 26.4 Å². The van der Waals surface area contributed by atoms with Crippen molar-refractivity contribution in [3.63, 3.8) is 0 Å². The summed E-state index contributed by atoms with van der Waals surface area (Å²) in [6.07, 6.45) is 5.97. The van der Waals surface area contributed by atoms with Crippen molar-refractivity contribution in [1.29, 1.82) is 0 Å². The fourth-order valence-electron chi connectivity index (χ4n) is 3.78. The highest BCUT2D eigenvalue weighted by Crippen LogP contribution is 2.36. The Morgan fingerprint density at radius 3 is 2.57 bits per heavy atom. The largest absolute Gasteiger partial charge is 0.497 e. The summed E-state index contributed by atoms with van der Waals surface area (Å²) in [6.45, 7) is 0. The van der Waals surface area contributed by atoms with E-state index in [0.717, 1.165) is 35.1 Å². The van der Waals surface area contributed by atoms with E-state index in [4.69, 9.17) is 13.9 Å². The van der Waals surface area contributed by atoms with Gasteiger partial charge in [-0.15, -0.1) is 10.2 Å². The number of rotatable bonds is 7. The molecule has 7 nitrogen and oxygen atoms in total. The van der Waals surface area contributed by atoms with Crippen molar-refractivity contribution in [3.05, 3.63) is 47.9 Å². The molecule has 0 atom stereocenters. The van der Waals surface area contributed by atoms with Gasteiger partial charge in [-0.2, -0.15) is 0 Å². The van der Waals surface area contributed by atoms with Gasteiger partial charge in [0.05, 0.1) is 20.0 Å². The monoisotopic (exact) mass is 427 g/mol. The molecular weight excluding hydrogens is 402 g/mol. The van der Waals surface area contributed by atoms with Crippen LogP contribution in [0.5, 0.6) is 5.75 Å². The first-order valence-electron chi connectivity index (χ1n) is 10.1. The second kappa shape index (κ2) is 9.38. The van der Waals surface area contributed by atoms with Gasteiger partial charge in [0, 0.05) is 11.6 Å². The van der Waals surface area contributed by atoms with Crippen LogP contribution >= 0.6 is 11.8 Å². The molecule has 4 rings (SSSR count). The van der Waals surface area contributed by atoms with E-state index in [2.05, 4.69) is 14.8 Å². The first-order chi connectivity index (χ1) is 14.7. The van der Waals surface area contributed by atoms with Gasteiger partial charge >= 0.3 is 5.97 Å². The summed E-state index contributed by atoms with van der Waals surface area (Å²) in [5.74, 6) is 2.69. The fraction of sp³-hybridized carbons (Fsp3) is 0.409. The molecule has 2 heterocycles. The van der Waals surface area contributed by atoms with Gasteiger partial charge in [0.25, 0.3) is 0 Å².